The average molecular weight is 1070 g/mol. The van der Waals surface area contributed by atoms with E-state index in [-0.39, 0.29) is 29.7 Å². The van der Waals surface area contributed by atoms with Crippen LogP contribution in [0.3, 0.4) is 0 Å². The smallest absolute Gasteiger partial charge is 0.389 e. The number of aromatic nitrogens is 16. The van der Waals surface area contributed by atoms with Crippen molar-refractivity contribution in [3.05, 3.63) is 206 Å². The Hall–Kier alpha value is -9.75. The van der Waals surface area contributed by atoms with Crippen molar-refractivity contribution in [3.8, 4) is 22.8 Å². The second kappa shape index (κ2) is 18.8. The van der Waals surface area contributed by atoms with Crippen molar-refractivity contribution >= 4 is 21.8 Å². The van der Waals surface area contributed by atoms with Gasteiger partial charge in [0, 0.05) is 54.1 Å². The monoisotopic (exact) mass is 1070 g/mol. The Morgan fingerprint density at radius 3 is 1.73 bits per heavy atom. The molecule has 0 saturated carbocycles. The number of halogens is 2. The highest BCUT2D eigenvalue weighted by molar-refractivity contribution is 5.87. The molecule has 0 amide bonds. The maximum absolute atomic E-state index is 13.5. The SMILES string of the molecule is CC(C)n1nc(C2(c3cnn(C)c3)N[C@@H](c3ncc(-c4ccc(F)cn4)[nH]3)Cc3c2[nH]c2ccccc32)oc1=O.CCn1nc(C2(c3noc(C)n3)N[C@@H](c3ncc(-c4ccc(F)cn4)[nH]3)Cc3c2[nH]c2ccccc32)oc1=O. The van der Waals surface area contributed by atoms with Gasteiger partial charge in [0.05, 0.1) is 83.3 Å². The van der Waals surface area contributed by atoms with Crippen LogP contribution in [-0.4, -0.2) is 79.4 Å². The minimum atomic E-state index is -1.41. The van der Waals surface area contributed by atoms with Gasteiger partial charge in [0.15, 0.2) is 5.54 Å². The fourth-order valence-corrected chi connectivity index (χ4v) is 10.8. The lowest BCUT2D eigenvalue weighted by Gasteiger charge is -2.38. The topological polar surface area (TPSA) is 292 Å². The molecule has 2 unspecified atom stereocenters. The molecule has 79 heavy (non-hydrogen) atoms. The van der Waals surface area contributed by atoms with E-state index in [4.69, 9.17) is 18.5 Å². The molecule has 12 aromatic rings. The molecule has 6 N–H and O–H groups in total. The summed E-state index contributed by atoms with van der Waals surface area (Å²) in [6.45, 7) is 7.57. The summed E-state index contributed by atoms with van der Waals surface area (Å²) in [6.07, 6.45) is 10.4. The number of imidazole rings is 2. The highest BCUT2D eigenvalue weighted by Crippen LogP contribution is 2.47. The van der Waals surface area contributed by atoms with Gasteiger partial charge in [-0.25, -0.2) is 28.3 Å². The second-order valence-corrected chi connectivity index (χ2v) is 19.7. The molecule has 0 radical (unpaired) electrons. The van der Waals surface area contributed by atoms with E-state index in [1.807, 2.05) is 69.6 Å². The number of fused-ring (bicyclic) bond motifs is 6. The summed E-state index contributed by atoms with van der Waals surface area (Å²) in [4.78, 5) is 61.6. The van der Waals surface area contributed by atoms with Crippen molar-refractivity contribution in [2.45, 2.75) is 76.3 Å². The molecular weight excluding hydrogens is 1020 g/mol. The van der Waals surface area contributed by atoms with Crippen LogP contribution in [-0.2, 0) is 37.5 Å². The summed E-state index contributed by atoms with van der Waals surface area (Å²) in [5, 5.41) is 27.3. The van der Waals surface area contributed by atoms with E-state index in [2.05, 4.69) is 76.9 Å². The number of aromatic amines is 4. The molecule has 4 atom stereocenters. The largest absolute Gasteiger partial charge is 0.437 e. The molecule has 0 fully saturated rings. The van der Waals surface area contributed by atoms with Crippen LogP contribution >= 0.6 is 0 Å². The number of nitrogens with zero attached hydrogens (tertiary/aromatic N) is 12. The fraction of sp³-hybridized carbons (Fsp3) is 0.241. The van der Waals surface area contributed by atoms with E-state index in [1.54, 1.807) is 49.3 Å². The van der Waals surface area contributed by atoms with Crippen molar-refractivity contribution in [2.24, 2.45) is 7.05 Å². The zero-order chi connectivity index (χ0) is 54.3. The van der Waals surface area contributed by atoms with Gasteiger partial charge in [-0.15, -0.1) is 10.2 Å². The molecule has 0 saturated heterocycles. The first-order valence-corrected chi connectivity index (χ1v) is 25.4. The normalized spacial score (nSPS) is 19.0. The fourth-order valence-electron chi connectivity index (χ4n) is 10.8. The Morgan fingerprint density at radius 1 is 0.684 bits per heavy atom. The highest BCUT2D eigenvalue weighted by Gasteiger charge is 2.54. The molecule has 23 nitrogen and oxygen atoms in total. The van der Waals surface area contributed by atoms with Gasteiger partial charge in [-0.05, 0) is 81.1 Å². The van der Waals surface area contributed by atoms with Gasteiger partial charge in [-0.1, -0.05) is 41.6 Å². The van der Waals surface area contributed by atoms with Gasteiger partial charge >= 0.3 is 11.5 Å². The van der Waals surface area contributed by atoms with Crippen molar-refractivity contribution < 1.29 is 22.1 Å². The number of para-hydroxylation sites is 2. The predicted octanol–water partition coefficient (Wildman–Crippen LogP) is 6.87. The molecule has 2 aromatic carbocycles. The molecule has 398 valence electrons. The van der Waals surface area contributed by atoms with Crippen LogP contribution in [0.2, 0.25) is 0 Å². The Kier molecular flexibility index (Phi) is 11.6. The van der Waals surface area contributed by atoms with Crippen molar-refractivity contribution in [3.63, 3.8) is 0 Å². The summed E-state index contributed by atoms with van der Waals surface area (Å²) in [5.41, 5.74) is 5.91. The molecule has 14 rings (SSSR count). The summed E-state index contributed by atoms with van der Waals surface area (Å²) < 4.78 is 48.3. The van der Waals surface area contributed by atoms with Gasteiger partial charge in [-0.3, -0.25) is 25.3 Å². The molecular formula is C54H48F2N18O5. The van der Waals surface area contributed by atoms with E-state index >= 15 is 0 Å². The second-order valence-electron chi connectivity index (χ2n) is 19.7. The van der Waals surface area contributed by atoms with E-state index in [9.17, 15) is 18.4 Å². The van der Waals surface area contributed by atoms with E-state index in [0.29, 0.717) is 65.4 Å². The zero-order valence-electron chi connectivity index (χ0n) is 42.9. The van der Waals surface area contributed by atoms with Gasteiger partial charge in [0.2, 0.25) is 23.1 Å². The lowest BCUT2D eigenvalue weighted by molar-refractivity contribution is 0.264. The first-order valence-electron chi connectivity index (χ1n) is 25.4. The van der Waals surface area contributed by atoms with E-state index in [0.717, 1.165) is 50.4 Å². The Balaban J connectivity index is 0.000000150. The van der Waals surface area contributed by atoms with Crippen LogP contribution in [0.4, 0.5) is 8.78 Å². The zero-order valence-corrected chi connectivity index (χ0v) is 42.9. The third kappa shape index (κ3) is 8.10. The number of rotatable bonds is 10. The summed E-state index contributed by atoms with van der Waals surface area (Å²) in [6, 6.07) is 20.9. The lowest BCUT2D eigenvalue weighted by atomic mass is 9.79. The number of aryl methyl sites for hydroxylation is 3. The number of pyridine rings is 2. The van der Waals surface area contributed by atoms with Gasteiger partial charge in [0.1, 0.15) is 23.3 Å². The molecule has 10 aromatic heterocycles. The van der Waals surface area contributed by atoms with Crippen molar-refractivity contribution in [2.75, 3.05) is 0 Å². The van der Waals surface area contributed by atoms with Crippen molar-refractivity contribution in [1.29, 1.82) is 0 Å². The average Bonchev–Trinajstić information content (AvgIpc) is 4.44. The van der Waals surface area contributed by atoms with Crippen LogP contribution < -0.4 is 22.1 Å². The van der Waals surface area contributed by atoms with Crippen LogP contribution in [0.25, 0.3) is 44.6 Å². The van der Waals surface area contributed by atoms with Gasteiger partial charge in [0.25, 0.3) is 5.89 Å². The third-order valence-corrected chi connectivity index (χ3v) is 14.4. The Morgan fingerprint density at radius 2 is 1.24 bits per heavy atom. The maximum Gasteiger partial charge on any atom is 0.437 e. The van der Waals surface area contributed by atoms with Gasteiger partial charge < -0.3 is 33.3 Å². The molecule has 2 aliphatic rings. The molecule has 25 heteroatoms. The standard InChI is InChI=1S/C28H26FN9O2.C26H22FN9O3/c1-15(2)38-27(39)40-26(36-38)28(16-11-32-37(3)14-16)24-19(18-6-4-5-7-20(18)33-24)10-22(35-28)25-31-13-23(34-25)21-9-8-17(29)12-30-21;1-3-36-25(37)38-24(34-36)26(23-30-13(2)39-35-23)21-16(15-6-4-5-7-17(15)31-21)10-19(33-26)22-29-12-20(32-22)18-9-8-14(27)11-28-18/h4-9,11-15,22,33,35H,10H2,1-3H3,(H,31,34);4-9,11-12,19,31,33H,3,10H2,1-2H3,(H,29,32)/t22-,28?;19-,26?/m11/s1. The summed E-state index contributed by atoms with van der Waals surface area (Å²) >= 11 is 0. The van der Waals surface area contributed by atoms with E-state index in [1.165, 1.54) is 27.7 Å². The molecule has 0 aliphatic carbocycles. The third-order valence-electron chi connectivity index (χ3n) is 14.4. The van der Waals surface area contributed by atoms with E-state index < -0.39 is 40.3 Å². The first-order chi connectivity index (χ1) is 38.3. The number of hydrogen-bond acceptors (Lipinski definition) is 16. The minimum absolute atomic E-state index is 0.0691. The molecule has 0 spiro atoms. The van der Waals surface area contributed by atoms with Gasteiger partial charge in [-0.2, -0.15) is 19.4 Å². The van der Waals surface area contributed by atoms with Crippen LogP contribution in [0.5, 0.6) is 0 Å². The predicted molar refractivity (Wildman–Crippen MR) is 279 cm³/mol. The number of hydrogen-bond donors (Lipinski definition) is 6. The Bertz CT molecular complexity index is 4340. The Labute approximate surface area is 444 Å². The summed E-state index contributed by atoms with van der Waals surface area (Å²) in [7, 11) is 1.83. The number of nitrogens with one attached hydrogen (secondary N) is 6. The van der Waals surface area contributed by atoms with Crippen LogP contribution in [0, 0.1) is 18.6 Å². The molecule has 0 bridgehead atoms. The van der Waals surface area contributed by atoms with Crippen molar-refractivity contribution in [1.82, 2.24) is 90.0 Å². The van der Waals surface area contributed by atoms with Crippen LogP contribution in [0.1, 0.15) is 102 Å². The highest BCUT2D eigenvalue weighted by atomic mass is 19.1. The number of benzene rings is 2. The molecule has 2 aliphatic heterocycles. The minimum Gasteiger partial charge on any atom is -0.389 e. The maximum atomic E-state index is 13.5. The quantitative estimate of drug-likeness (QED) is 0.0815. The first kappa shape index (κ1) is 48.9. The molecule has 12 heterocycles. The number of H-pyrrole nitrogens is 4. The van der Waals surface area contributed by atoms with Crippen LogP contribution in [0.15, 0.2) is 133 Å². The lowest BCUT2D eigenvalue weighted by Crippen LogP contribution is -2.52. The summed E-state index contributed by atoms with van der Waals surface area (Å²) in [5.74, 6) is 0.0994.